The van der Waals surface area contributed by atoms with Crippen LogP contribution in [0.3, 0.4) is 0 Å². The summed E-state index contributed by atoms with van der Waals surface area (Å²) in [4.78, 5) is 25.1. The number of benzene rings is 2. The largest absolute Gasteiger partial charge is 0.486 e. The number of amides is 2. The SMILES string of the molecule is O=C(NCCC1=CCCCC1)c1cccc(NC(=O)c2nnc(COc3ccccc3)s2)c1. The molecule has 0 fully saturated rings. The Morgan fingerprint density at radius 1 is 1.00 bits per heavy atom. The second kappa shape index (κ2) is 11.4. The number of carbonyl (C=O) groups excluding carboxylic acids is 2. The Labute approximate surface area is 196 Å². The van der Waals surface area contributed by atoms with E-state index in [1.54, 1.807) is 24.3 Å². The first kappa shape index (κ1) is 22.7. The number of anilines is 1. The molecule has 4 rings (SSSR count). The second-order valence-corrected chi connectivity index (χ2v) is 8.81. The molecule has 0 saturated carbocycles. The fourth-order valence-electron chi connectivity index (χ4n) is 3.56. The van der Waals surface area contributed by atoms with Gasteiger partial charge in [-0.2, -0.15) is 0 Å². The van der Waals surface area contributed by atoms with Crippen molar-refractivity contribution in [3.05, 3.63) is 81.8 Å². The number of ether oxygens (including phenoxy) is 1. The van der Waals surface area contributed by atoms with Crippen LogP contribution in [0.15, 0.2) is 66.2 Å². The summed E-state index contributed by atoms with van der Waals surface area (Å²) in [6, 6.07) is 16.3. The summed E-state index contributed by atoms with van der Waals surface area (Å²) < 4.78 is 5.64. The molecule has 1 aromatic heterocycles. The number of nitrogens with one attached hydrogen (secondary N) is 2. The van der Waals surface area contributed by atoms with E-state index in [0.29, 0.717) is 22.8 Å². The van der Waals surface area contributed by atoms with E-state index < -0.39 is 0 Å². The van der Waals surface area contributed by atoms with Crippen molar-refractivity contribution >= 4 is 28.8 Å². The topological polar surface area (TPSA) is 93.2 Å². The molecule has 0 unspecified atom stereocenters. The normalized spacial score (nSPS) is 13.2. The number of rotatable bonds is 9. The highest BCUT2D eigenvalue weighted by molar-refractivity contribution is 7.13. The van der Waals surface area contributed by atoms with Crippen LogP contribution in [0.25, 0.3) is 0 Å². The summed E-state index contributed by atoms with van der Waals surface area (Å²) in [5.74, 6) is 0.197. The summed E-state index contributed by atoms with van der Waals surface area (Å²) in [6.45, 7) is 0.849. The van der Waals surface area contributed by atoms with E-state index in [1.807, 2.05) is 30.3 Å². The molecular formula is C25H26N4O3S. The van der Waals surface area contributed by atoms with Gasteiger partial charge in [-0.15, -0.1) is 10.2 Å². The van der Waals surface area contributed by atoms with Gasteiger partial charge in [0.15, 0.2) is 5.01 Å². The molecule has 33 heavy (non-hydrogen) atoms. The Morgan fingerprint density at radius 3 is 2.70 bits per heavy atom. The molecule has 0 bridgehead atoms. The van der Waals surface area contributed by atoms with Crippen LogP contribution < -0.4 is 15.4 Å². The Bertz CT molecular complexity index is 1130. The first-order valence-electron chi connectivity index (χ1n) is 11.0. The zero-order chi connectivity index (χ0) is 22.9. The molecule has 1 aliphatic carbocycles. The maximum Gasteiger partial charge on any atom is 0.286 e. The first-order chi connectivity index (χ1) is 16.2. The minimum atomic E-state index is -0.375. The van der Waals surface area contributed by atoms with Gasteiger partial charge in [-0.1, -0.05) is 47.3 Å². The molecule has 2 aromatic carbocycles. The minimum absolute atomic E-state index is 0.154. The molecule has 0 aliphatic heterocycles. The minimum Gasteiger partial charge on any atom is -0.486 e. The van der Waals surface area contributed by atoms with E-state index in [1.165, 1.54) is 29.8 Å². The molecule has 1 heterocycles. The van der Waals surface area contributed by atoms with Crippen LogP contribution in [0.2, 0.25) is 0 Å². The van der Waals surface area contributed by atoms with Crippen LogP contribution >= 0.6 is 11.3 Å². The monoisotopic (exact) mass is 462 g/mol. The highest BCUT2D eigenvalue weighted by atomic mass is 32.1. The number of allylic oxidation sites excluding steroid dienone is 1. The van der Waals surface area contributed by atoms with Crippen molar-refractivity contribution in [2.45, 2.75) is 38.7 Å². The van der Waals surface area contributed by atoms with Crippen molar-refractivity contribution < 1.29 is 14.3 Å². The van der Waals surface area contributed by atoms with Gasteiger partial charge in [-0.05, 0) is 62.4 Å². The van der Waals surface area contributed by atoms with Crippen LogP contribution in [0.1, 0.15) is 57.3 Å². The van der Waals surface area contributed by atoms with Crippen molar-refractivity contribution in [3.63, 3.8) is 0 Å². The lowest BCUT2D eigenvalue weighted by Crippen LogP contribution is -2.25. The molecule has 170 valence electrons. The number of aromatic nitrogens is 2. The van der Waals surface area contributed by atoms with Crippen LogP contribution in [0.5, 0.6) is 5.75 Å². The van der Waals surface area contributed by atoms with Gasteiger partial charge in [-0.25, -0.2) is 0 Å². The molecule has 0 spiro atoms. The van der Waals surface area contributed by atoms with Crippen LogP contribution in [-0.2, 0) is 6.61 Å². The number of para-hydroxylation sites is 1. The van der Waals surface area contributed by atoms with Gasteiger partial charge in [0.05, 0.1) is 0 Å². The predicted octanol–water partition coefficient (Wildman–Crippen LogP) is 4.99. The van der Waals surface area contributed by atoms with Crippen molar-refractivity contribution in [1.82, 2.24) is 15.5 Å². The number of hydrogen-bond donors (Lipinski definition) is 2. The van der Waals surface area contributed by atoms with Crippen molar-refractivity contribution in [1.29, 1.82) is 0 Å². The summed E-state index contributed by atoms with van der Waals surface area (Å²) in [7, 11) is 0. The van der Waals surface area contributed by atoms with E-state index in [-0.39, 0.29) is 23.4 Å². The van der Waals surface area contributed by atoms with Crippen LogP contribution in [-0.4, -0.2) is 28.6 Å². The molecular weight excluding hydrogens is 436 g/mol. The summed E-state index contributed by atoms with van der Waals surface area (Å²) in [5, 5.41) is 14.6. The number of nitrogens with zero attached hydrogens (tertiary/aromatic N) is 2. The fraction of sp³-hybridized carbons (Fsp3) is 0.280. The Morgan fingerprint density at radius 2 is 1.88 bits per heavy atom. The second-order valence-electron chi connectivity index (χ2n) is 7.75. The van der Waals surface area contributed by atoms with Gasteiger partial charge in [0.1, 0.15) is 12.4 Å². The summed E-state index contributed by atoms with van der Waals surface area (Å²) in [6.07, 6.45) is 7.93. The van der Waals surface area contributed by atoms with E-state index >= 15 is 0 Å². The number of hydrogen-bond acceptors (Lipinski definition) is 6. The fourth-order valence-corrected chi connectivity index (χ4v) is 4.21. The third-order valence-electron chi connectivity index (χ3n) is 5.27. The predicted molar refractivity (Wildman–Crippen MR) is 129 cm³/mol. The average Bonchev–Trinajstić information content (AvgIpc) is 3.34. The molecule has 2 N–H and O–H groups in total. The molecule has 2 amide bonds. The lowest BCUT2D eigenvalue weighted by Gasteiger charge is -2.13. The zero-order valence-corrected chi connectivity index (χ0v) is 19.1. The van der Waals surface area contributed by atoms with E-state index in [4.69, 9.17) is 4.74 Å². The summed E-state index contributed by atoms with van der Waals surface area (Å²) in [5.41, 5.74) is 2.45. The van der Waals surface area contributed by atoms with Crippen LogP contribution in [0.4, 0.5) is 5.69 Å². The maximum absolute atomic E-state index is 12.6. The lowest BCUT2D eigenvalue weighted by molar-refractivity contribution is 0.0952. The van der Waals surface area contributed by atoms with Gasteiger partial charge in [0, 0.05) is 17.8 Å². The van der Waals surface area contributed by atoms with Crippen molar-refractivity contribution in [2.24, 2.45) is 0 Å². The molecule has 3 aromatic rings. The number of carbonyl (C=O) groups is 2. The van der Waals surface area contributed by atoms with Gasteiger partial charge in [0.2, 0.25) is 5.01 Å². The standard InChI is InChI=1S/C25H26N4O3S/c30-23(26-15-14-18-8-3-1-4-9-18)19-10-7-11-20(16-19)27-24(31)25-29-28-22(33-25)17-32-21-12-5-2-6-13-21/h2,5-8,10-13,16H,1,3-4,9,14-15,17H2,(H,26,30)(H,27,31). The molecule has 7 nitrogen and oxygen atoms in total. The third-order valence-corrected chi connectivity index (χ3v) is 6.16. The zero-order valence-electron chi connectivity index (χ0n) is 18.3. The smallest absolute Gasteiger partial charge is 0.286 e. The highest BCUT2D eigenvalue weighted by Crippen LogP contribution is 2.20. The van der Waals surface area contributed by atoms with Crippen molar-refractivity contribution in [2.75, 3.05) is 11.9 Å². The van der Waals surface area contributed by atoms with Gasteiger partial charge >= 0.3 is 0 Å². The highest BCUT2D eigenvalue weighted by Gasteiger charge is 2.15. The van der Waals surface area contributed by atoms with Gasteiger partial charge < -0.3 is 15.4 Å². The molecule has 1 aliphatic rings. The molecule has 8 heteroatoms. The Balaban J connectivity index is 1.28. The average molecular weight is 463 g/mol. The van der Waals surface area contributed by atoms with E-state index in [9.17, 15) is 9.59 Å². The Hall–Kier alpha value is -3.52. The Kier molecular flexibility index (Phi) is 7.81. The van der Waals surface area contributed by atoms with Gasteiger partial charge in [-0.3, -0.25) is 9.59 Å². The third kappa shape index (κ3) is 6.73. The van der Waals surface area contributed by atoms with E-state index in [0.717, 1.165) is 25.0 Å². The lowest BCUT2D eigenvalue weighted by atomic mass is 9.97. The molecule has 0 radical (unpaired) electrons. The quantitative estimate of drug-likeness (QED) is 0.437. The first-order valence-corrected chi connectivity index (χ1v) is 11.9. The van der Waals surface area contributed by atoms with Gasteiger partial charge in [0.25, 0.3) is 11.8 Å². The maximum atomic E-state index is 12.6. The molecule has 0 saturated heterocycles. The van der Waals surface area contributed by atoms with Crippen molar-refractivity contribution in [3.8, 4) is 5.75 Å². The van der Waals surface area contributed by atoms with E-state index in [2.05, 4.69) is 26.9 Å². The van der Waals surface area contributed by atoms with Crippen LogP contribution in [0, 0.1) is 0 Å². The molecule has 0 atom stereocenters. The summed E-state index contributed by atoms with van der Waals surface area (Å²) >= 11 is 1.17.